The summed E-state index contributed by atoms with van der Waals surface area (Å²) < 4.78 is 5.78. The lowest BCUT2D eigenvalue weighted by molar-refractivity contribution is -0.161. The zero-order valence-corrected chi connectivity index (χ0v) is 21.3. The lowest BCUT2D eigenvalue weighted by atomic mass is 9.95. The van der Waals surface area contributed by atoms with E-state index in [1.165, 1.54) is 11.9 Å². The summed E-state index contributed by atoms with van der Waals surface area (Å²) in [7, 11) is 1.49. The molecule has 1 heterocycles. The molecule has 0 aliphatic carbocycles. The van der Waals surface area contributed by atoms with Crippen molar-refractivity contribution in [2.45, 2.75) is 77.1 Å². The summed E-state index contributed by atoms with van der Waals surface area (Å²) in [5.41, 5.74) is 0.873. The number of likely N-dealkylation sites (N-methyl/N-ethyl adjacent to an activating group) is 1. The Kier molecular flexibility index (Phi) is 10.9. The minimum absolute atomic E-state index is 0.0562. The van der Waals surface area contributed by atoms with Crippen LogP contribution in [0.2, 0.25) is 0 Å². The molecule has 1 aliphatic rings. The predicted molar refractivity (Wildman–Crippen MR) is 133 cm³/mol. The van der Waals surface area contributed by atoms with Gasteiger partial charge in [0.05, 0.1) is 6.42 Å². The summed E-state index contributed by atoms with van der Waals surface area (Å²) in [6.07, 6.45) is 2.22. The topological polar surface area (TPSA) is 105 Å². The van der Waals surface area contributed by atoms with E-state index in [4.69, 9.17) is 4.74 Å². The van der Waals surface area contributed by atoms with E-state index in [0.717, 1.165) is 24.8 Å². The average Bonchev–Trinajstić information content (AvgIpc) is 2.81. The largest absolute Gasteiger partial charge is 0.460 e. The Labute approximate surface area is 207 Å². The third-order valence-corrected chi connectivity index (χ3v) is 6.57. The van der Waals surface area contributed by atoms with Gasteiger partial charge in [0.15, 0.2) is 0 Å². The second-order valence-electron chi connectivity index (χ2n) is 8.99. The first-order chi connectivity index (χ1) is 16.2. The Morgan fingerprint density at radius 3 is 2.44 bits per heavy atom. The molecule has 1 aliphatic heterocycles. The van der Waals surface area contributed by atoms with Crippen LogP contribution in [0.1, 0.15) is 52.0 Å². The number of cyclic esters (lactones) is 1. The number of amides is 3. The van der Waals surface area contributed by atoms with Crippen LogP contribution >= 0.6 is 12.6 Å². The van der Waals surface area contributed by atoms with Crippen molar-refractivity contribution in [3.63, 3.8) is 0 Å². The zero-order valence-electron chi connectivity index (χ0n) is 20.5. The molecule has 0 unspecified atom stereocenters. The molecule has 2 rings (SSSR count). The molecule has 1 saturated heterocycles. The molecule has 8 nitrogen and oxygen atoms in total. The quantitative estimate of drug-likeness (QED) is 0.400. The summed E-state index contributed by atoms with van der Waals surface area (Å²) >= 11 is 4.25. The maximum absolute atomic E-state index is 13.1. The number of ether oxygens (including phenoxy) is 1. The number of hydrogen-bond donors (Lipinski definition) is 3. The van der Waals surface area contributed by atoms with Crippen molar-refractivity contribution in [1.29, 1.82) is 0 Å². The molecule has 2 N–H and O–H groups in total. The molecule has 1 aromatic rings. The molecule has 188 valence electrons. The van der Waals surface area contributed by atoms with Gasteiger partial charge in [0, 0.05) is 19.2 Å². The molecule has 1 aromatic carbocycles. The first kappa shape index (κ1) is 27.7. The van der Waals surface area contributed by atoms with Crippen LogP contribution in [0.4, 0.5) is 0 Å². The standard InChI is InChI=1S/C25H37N3O5S/c1-5-6-10-16(2)21-14-22(29)27-19(13-18-11-8-7-9-12-18)23(30)26-17(3)24(31)28(4)20(15-34)25(32)33-21/h7-9,11-12,16-17,19-21,34H,5-6,10,13-15H2,1-4H3,(H,26,30)(H,27,29)/t16-,17-,19-,20-,21+/m0/s1. The van der Waals surface area contributed by atoms with Crippen molar-refractivity contribution in [3.8, 4) is 0 Å². The van der Waals surface area contributed by atoms with Crippen LogP contribution in [-0.4, -0.2) is 65.6 Å². The van der Waals surface area contributed by atoms with Gasteiger partial charge in [-0.25, -0.2) is 4.79 Å². The monoisotopic (exact) mass is 491 g/mol. The van der Waals surface area contributed by atoms with Crippen molar-refractivity contribution < 1.29 is 23.9 Å². The van der Waals surface area contributed by atoms with E-state index in [9.17, 15) is 19.2 Å². The predicted octanol–water partition coefficient (Wildman–Crippen LogP) is 2.12. The average molecular weight is 492 g/mol. The number of carbonyl (C=O) groups is 4. The minimum atomic E-state index is -0.931. The van der Waals surface area contributed by atoms with Crippen molar-refractivity contribution in [2.75, 3.05) is 12.8 Å². The smallest absolute Gasteiger partial charge is 0.329 e. The van der Waals surface area contributed by atoms with Gasteiger partial charge in [0.25, 0.3) is 0 Å². The number of unbranched alkanes of at least 4 members (excludes halogenated alkanes) is 1. The van der Waals surface area contributed by atoms with Crippen LogP contribution in [0.15, 0.2) is 30.3 Å². The van der Waals surface area contributed by atoms with E-state index in [-0.39, 0.29) is 30.4 Å². The number of rotatable bonds is 7. The molecule has 1 fully saturated rings. The summed E-state index contributed by atoms with van der Waals surface area (Å²) in [6.45, 7) is 5.56. The van der Waals surface area contributed by atoms with Crippen LogP contribution < -0.4 is 10.6 Å². The molecule has 0 saturated carbocycles. The lowest BCUT2D eigenvalue weighted by Crippen LogP contribution is -2.55. The maximum atomic E-state index is 13.1. The van der Waals surface area contributed by atoms with Gasteiger partial charge in [-0.2, -0.15) is 12.6 Å². The van der Waals surface area contributed by atoms with E-state index in [2.05, 4.69) is 30.2 Å². The van der Waals surface area contributed by atoms with Crippen LogP contribution in [0.5, 0.6) is 0 Å². The van der Waals surface area contributed by atoms with Crippen LogP contribution in [0.3, 0.4) is 0 Å². The molecule has 3 amide bonds. The third kappa shape index (κ3) is 7.75. The first-order valence-corrected chi connectivity index (χ1v) is 12.5. The molecular formula is C25H37N3O5S. The maximum Gasteiger partial charge on any atom is 0.329 e. The number of nitrogens with zero attached hydrogens (tertiary/aromatic N) is 1. The molecule has 0 spiro atoms. The molecule has 0 aromatic heterocycles. The Bertz CT molecular complexity index is 850. The Hall–Kier alpha value is -2.55. The highest BCUT2D eigenvalue weighted by Crippen LogP contribution is 2.21. The number of nitrogens with one attached hydrogen (secondary N) is 2. The molecule has 5 atom stereocenters. The Morgan fingerprint density at radius 2 is 1.82 bits per heavy atom. The highest BCUT2D eigenvalue weighted by atomic mass is 32.1. The number of hydrogen-bond acceptors (Lipinski definition) is 6. The van der Waals surface area contributed by atoms with E-state index in [0.29, 0.717) is 0 Å². The first-order valence-electron chi connectivity index (χ1n) is 11.9. The highest BCUT2D eigenvalue weighted by molar-refractivity contribution is 7.80. The molecule has 0 radical (unpaired) electrons. The van der Waals surface area contributed by atoms with Gasteiger partial charge >= 0.3 is 5.97 Å². The lowest BCUT2D eigenvalue weighted by Gasteiger charge is -2.30. The van der Waals surface area contributed by atoms with E-state index >= 15 is 0 Å². The van der Waals surface area contributed by atoms with E-state index < -0.39 is 42.0 Å². The van der Waals surface area contributed by atoms with Crippen molar-refractivity contribution in [1.82, 2.24) is 15.5 Å². The van der Waals surface area contributed by atoms with Crippen molar-refractivity contribution in [3.05, 3.63) is 35.9 Å². The van der Waals surface area contributed by atoms with Crippen LogP contribution in [0.25, 0.3) is 0 Å². The molecule has 0 bridgehead atoms. The number of carbonyl (C=O) groups excluding carboxylic acids is 4. The van der Waals surface area contributed by atoms with Crippen molar-refractivity contribution >= 4 is 36.3 Å². The van der Waals surface area contributed by atoms with Gasteiger partial charge in [-0.15, -0.1) is 0 Å². The van der Waals surface area contributed by atoms with Gasteiger partial charge in [0.2, 0.25) is 17.7 Å². The summed E-state index contributed by atoms with van der Waals surface area (Å²) in [5, 5.41) is 5.49. The van der Waals surface area contributed by atoms with Gasteiger partial charge < -0.3 is 20.3 Å². The van der Waals surface area contributed by atoms with Crippen LogP contribution in [0, 0.1) is 5.92 Å². The Balaban J connectivity index is 2.37. The van der Waals surface area contributed by atoms with Gasteiger partial charge in [-0.1, -0.05) is 57.0 Å². The second kappa shape index (κ2) is 13.4. The summed E-state index contributed by atoms with van der Waals surface area (Å²) in [5.74, 6) is -1.90. The fraction of sp³-hybridized carbons (Fsp3) is 0.600. The third-order valence-electron chi connectivity index (χ3n) is 6.23. The van der Waals surface area contributed by atoms with Gasteiger partial charge in [-0.05, 0) is 24.8 Å². The SMILES string of the molecule is CCCC[C@H](C)[C@H]1CC(=O)N[C@@H](Cc2ccccc2)C(=O)N[C@@H](C)C(=O)N(C)[C@@H](CS)C(=O)O1. The van der Waals surface area contributed by atoms with Gasteiger partial charge in [0.1, 0.15) is 24.2 Å². The molecular weight excluding hydrogens is 454 g/mol. The van der Waals surface area contributed by atoms with Crippen molar-refractivity contribution in [2.24, 2.45) is 5.92 Å². The number of esters is 1. The van der Waals surface area contributed by atoms with E-state index in [1.807, 2.05) is 37.3 Å². The highest BCUT2D eigenvalue weighted by Gasteiger charge is 2.35. The normalized spacial score (nSPS) is 25.9. The number of benzene rings is 1. The Morgan fingerprint density at radius 1 is 1.15 bits per heavy atom. The molecule has 34 heavy (non-hydrogen) atoms. The van der Waals surface area contributed by atoms with E-state index in [1.54, 1.807) is 6.92 Å². The summed E-state index contributed by atoms with van der Waals surface area (Å²) in [4.78, 5) is 53.3. The second-order valence-corrected chi connectivity index (χ2v) is 9.35. The fourth-order valence-corrected chi connectivity index (χ4v) is 4.38. The number of thiol groups is 1. The zero-order chi connectivity index (χ0) is 25.3. The van der Waals surface area contributed by atoms with Gasteiger partial charge in [-0.3, -0.25) is 14.4 Å². The molecule has 9 heteroatoms. The van der Waals surface area contributed by atoms with Crippen LogP contribution in [-0.2, 0) is 30.3 Å². The minimum Gasteiger partial charge on any atom is -0.460 e. The fourth-order valence-electron chi connectivity index (χ4n) is 3.98. The summed E-state index contributed by atoms with van der Waals surface area (Å²) in [6, 6.07) is 6.63.